The second kappa shape index (κ2) is 3.94. The van der Waals surface area contributed by atoms with Crippen LogP contribution in [-0.4, -0.2) is 0 Å². The Bertz CT molecular complexity index is 135. The molecular weight excluding hydrogens is 132 g/mol. The van der Waals surface area contributed by atoms with Crippen LogP contribution >= 0.6 is 0 Å². The summed E-state index contributed by atoms with van der Waals surface area (Å²) in [7, 11) is 0. The van der Waals surface area contributed by atoms with E-state index in [4.69, 9.17) is 0 Å². The minimum absolute atomic E-state index is 0.972. The average Bonchev–Trinajstić information content (AvgIpc) is 2.67. The largest absolute Gasteiger partial charge is 0.0851 e. The summed E-state index contributed by atoms with van der Waals surface area (Å²) < 4.78 is 0. The van der Waals surface area contributed by atoms with Gasteiger partial charge >= 0.3 is 0 Å². The Morgan fingerprint density at radius 1 is 1.18 bits per heavy atom. The first-order valence-corrected chi connectivity index (χ1v) is 5.08. The molecule has 1 saturated carbocycles. The summed E-state index contributed by atoms with van der Waals surface area (Å²) in [4.78, 5) is 0. The Labute approximate surface area is 70.7 Å². The number of hydrogen-bond acceptors (Lipinski definition) is 0. The third kappa shape index (κ3) is 1.66. The number of allylic oxidation sites excluding steroid dienone is 2. The summed E-state index contributed by atoms with van der Waals surface area (Å²) in [5.41, 5.74) is 0. The van der Waals surface area contributed by atoms with Crippen LogP contribution in [0.3, 0.4) is 0 Å². The van der Waals surface area contributed by atoms with E-state index < -0.39 is 0 Å². The van der Waals surface area contributed by atoms with Crippen LogP contribution in [0.5, 0.6) is 0 Å². The molecule has 0 heterocycles. The summed E-state index contributed by atoms with van der Waals surface area (Å²) >= 11 is 0. The molecule has 0 N–H and O–H groups in total. The highest BCUT2D eigenvalue weighted by Crippen LogP contribution is 2.44. The van der Waals surface area contributed by atoms with Gasteiger partial charge in [0.25, 0.3) is 0 Å². The van der Waals surface area contributed by atoms with Crippen molar-refractivity contribution in [3.05, 3.63) is 12.2 Å². The summed E-state index contributed by atoms with van der Waals surface area (Å²) in [6.45, 7) is 6.32. The Hall–Kier alpha value is -0.260. The molecule has 2 bridgehead atoms. The van der Waals surface area contributed by atoms with Crippen LogP contribution in [0.4, 0.5) is 0 Å². The first kappa shape index (κ1) is 8.83. The van der Waals surface area contributed by atoms with Crippen molar-refractivity contribution in [1.82, 2.24) is 0 Å². The van der Waals surface area contributed by atoms with Crippen molar-refractivity contribution in [1.29, 1.82) is 0 Å². The molecule has 0 aromatic rings. The van der Waals surface area contributed by atoms with Gasteiger partial charge < -0.3 is 0 Å². The van der Waals surface area contributed by atoms with Crippen molar-refractivity contribution in [2.45, 2.75) is 40.0 Å². The molecular formula is C11H20. The molecule has 0 amide bonds. The van der Waals surface area contributed by atoms with E-state index in [0.717, 1.165) is 17.8 Å². The first-order chi connectivity index (χ1) is 5.40. The fourth-order valence-corrected chi connectivity index (χ4v) is 2.36. The second-order valence-electron chi connectivity index (χ2n) is 3.45. The van der Waals surface area contributed by atoms with Crippen molar-refractivity contribution in [2.75, 3.05) is 0 Å². The third-order valence-electron chi connectivity index (χ3n) is 2.94. The Kier molecular flexibility index (Phi) is 3.16. The van der Waals surface area contributed by atoms with E-state index in [1.54, 1.807) is 0 Å². The lowest BCUT2D eigenvalue weighted by Gasteiger charge is -2.14. The predicted octanol–water partition coefficient (Wildman–Crippen LogP) is 3.63. The molecule has 2 aliphatic carbocycles. The van der Waals surface area contributed by atoms with Crippen LogP contribution in [-0.2, 0) is 0 Å². The smallest absolute Gasteiger partial charge is 0.0199 e. The fourth-order valence-electron chi connectivity index (χ4n) is 2.36. The van der Waals surface area contributed by atoms with Gasteiger partial charge in [0, 0.05) is 0 Å². The van der Waals surface area contributed by atoms with Gasteiger partial charge in [-0.05, 0) is 30.6 Å². The molecule has 0 heteroatoms. The van der Waals surface area contributed by atoms with Crippen molar-refractivity contribution < 1.29 is 0 Å². The highest BCUT2D eigenvalue weighted by Gasteiger charge is 2.33. The highest BCUT2D eigenvalue weighted by molar-refractivity contribution is 5.09. The third-order valence-corrected chi connectivity index (χ3v) is 2.94. The van der Waals surface area contributed by atoms with Gasteiger partial charge in [0.2, 0.25) is 0 Å². The quantitative estimate of drug-likeness (QED) is 0.503. The fraction of sp³-hybridized carbons (Fsp3) is 0.818. The van der Waals surface area contributed by atoms with E-state index >= 15 is 0 Å². The minimum atomic E-state index is 0.972. The lowest BCUT2D eigenvalue weighted by molar-refractivity contribution is 0.434. The predicted molar refractivity (Wildman–Crippen MR) is 50.5 cm³/mol. The molecule has 0 aromatic carbocycles. The molecule has 1 fully saturated rings. The standard InChI is InChI=1S/C9H14.C2H6/c1-2-8-5-7-3-4-9(8)6-7;1-2/h3-4,7-9H,2,5-6H2,1H3;1-2H3. The van der Waals surface area contributed by atoms with Gasteiger partial charge in [0.05, 0.1) is 0 Å². The minimum Gasteiger partial charge on any atom is -0.0851 e. The van der Waals surface area contributed by atoms with E-state index in [1.165, 1.54) is 19.3 Å². The Morgan fingerprint density at radius 2 is 1.91 bits per heavy atom. The van der Waals surface area contributed by atoms with E-state index in [1.807, 2.05) is 13.8 Å². The molecule has 0 radical (unpaired) electrons. The lowest BCUT2D eigenvalue weighted by Crippen LogP contribution is -2.04. The molecule has 64 valence electrons. The van der Waals surface area contributed by atoms with Gasteiger partial charge in [-0.25, -0.2) is 0 Å². The van der Waals surface area contributed by atoms with Gasteiger partial charge in [0.15, 0.2) is 0 Å². The maximum absolute atomic E-state index is 2.43. The van der Waals surface area contributed by atoms with Gasteiger partial charge in [-0.3, -0.25) is 0 Å². The van der Waals surface area contributed by atoms with E-state index in [9.17, 15) is 0 Å². The summed E-state index contributed by atoms with van der Waals surface area (Å²) in [6, 6.07) is 0. The molecule has 3 unspecified atom stereocenters. The second-order valence-corrected chi connectivity index (χ2v) is 3.45. The summed E-state index contributed by atoms with van der Waals surface area (Å²) in [5.74, 6) is 2.99. The topological polar surface area (TPSA) is 0 Å². The molecule has 3 atom stereocenters. The maximum atomic E-state index is 2.43. The molecule has 0 saturated heterocycles. The van der Waals surface area contributed by atoms with Crippen LogP contribution in [0, 0.1) is 17.8 Å². The number of fused-ring (bicyclic) bond motifs is 2. The lowest BCUT2D eigenvalue weighted by atomic mass is 9.91. The van der Waals surface area contributed by atoms with Crippen molar-refractivity contribution in [2.24, 2.45) is 17.8 Å². The zero-order valence-corrected chi connectivity index (χ0v) is 8.01. The summed E-state index contributed by atoms with van der Waals surface area (Å²) in [5, 5.41) is 0. The highest BCUT2D eigenvalue weighted by atomic mass is 14.4. The molecule has 2 rings (SSSR count). The van der Waals surface area contributed by atoms with Gasteiger partial charge in [-0.15, -0.1) is 0 Å². The molecule has 0 aliphatic heterocycles. The zero-order chi connectivity index (χ0) is 8.27. The van der Waals surface area contributed by atoms with Crippen molar-refractivity contribution >= 4 is 0 Å². The van der Waals surface area contributed by atoms with Gasteiger partial charge in [0.1, 0.15) is 0 Å². The number of rotatable bonds is 1. The summed E-state index contributed by atoms with van der Waals surface area (Å²) in [6.07, 6.45) is 9.20. The Balaban J connectivity index is 0.000000281. The molecule has 0 nitrogen and oxygen atoms in total. The maximum Gasteiger partial charge on any atom is -0.0199 e. The van der Waals surface area contributed by atoms with E-state index in [2.05, 4.69) is 19.1 Å². The van der Waals surface area contributed by atoms with Gasteiger partial charge in [-0.2, -0.15) is 0 Å². The SMILES string of the molecule is CC.CCC1CC2C=CC1C2. The number of hydrogen-bond donors (Lipinski definition) is 0. The normalized spacial score (nSPS) is 38.6. The first-order valence-electron chi connectivity index (χ1n) is 5.08. The van der Waals surface area contributed by atoms with Crippen LogP contribution < -0.4 is 0 Å². The van der Waals surface area contributed by atoms with Crippen molar-refractivity contribution in [3.63, 3.8) is 0 Å². The van der Waals surface area contributed by atoms with E-state index in [0.29, 0.717) is 0 Å². The monoisotopic (exact) mass is 152 g/mol. The van der Waals surface area contributed by atoms with E-state index in [-0.39, 0.29) is 0 Å². The Morgan fingerprint density at radius 3 is 2.18 bits per heavy atom. The van der Waals surface area contributed by atoms with Gasteiger partial charge in [-0.1, -0.05) is 39.3 Å². The van der Waals surface area contributed by atoms with Crippen molar-refractivity contribution in [3.8, 4) is 0 Å². The molecule has 11 heavy (non-hydrogen) atoms. The van der Waals surface area contributed by atoms with Crippen LogP contribution in [0.2, 0.25) is 0 Å². The molecule has 0 spiro atoms. The van der Waals surface area contributed by atoms with Crippen LogP contribution in [0.1, 0.15) is 40.0 Å². The average molecular weight is 152 g/mol. The van der Waals surface area contributed by atoms with Crippen LogP contribution in [0.25, 0.3) is 0 Å². The van der Waals surface area contributed by atoms with Crippen LogP contribution in [0.15, 0.2) is 12.2 Å². The molecule has 0 aromatic heterocycles. The zero-order valence-electron chi connectivity index (χ0n) is 8.01. The molecule has 2 aliphatic rings.